The van der Waals surface area contributed by atoms with E-state index in [9.17, 15) is 13.2 Å². The Morgan fingerprint density at radius 1 is 0.970 bits per heavy atom. The molecule has 0 spiro atoms. The summed E-state index contributed by atoms with van der Waals surface area (Å²) < 4.78 is 34.2. The van der Waals surface area contributed by atoms with Gasteiger partial charge in [-0.2, -0.15) is 4.31 Å². The molecule has 0 radical (unpaired) electrons. The number of halogens is 1. The molecular formula is C23H27BrN4O4S. The highest BCUT2D eigenvalue weighted by molar-refractivity contribution is 9.10. The molecule has 10 heteroatoms. The second kappa shape index (κ2) is 10.6. The van der Waals surface area contributed by atoms with Gasteiger partial charge in [0.05, 0.1) is 4.90 Å². The zero-order chi connectivity index (χ0) is 24.2. The molecule has 0 atom stereocenters. The van der Waals surface area contributed by atoms with E-state index in [-0.39, 0.29) is 34.2 Å². The van der Waals surface area contributed by atoms with Gasteiger partial charge in [-0.15, -0.1) is 5.10 Å². The molecule has 0 aliphatic rings. The van der Waals surface area contributed by atoms with E-state index in [4.69, 9.17) is 4.42 Å². The lowest BCUT2D eigenvalue weighted by Gasteiger charge is -2.25. The monoisotopic (exact) mass is 534 g/mol. The zero-order valence-corrected chi connectivity index (χ0v) is 21.4. The van der Waals surface area contributed by atoms with Gasteiger partial charge in [-0.1, -0.05) is 48.7 Å². The van der Waals surface area contributed by atoms with Gasteiger partial charge in [-0.25, -0.2) is 8.42 Å². The van der Waals surface area contributed by atoms with Gasteiger partial charge >= 0.3 is 6.01 Å². The molecule has 3 aromatic rings. The number of anilines is 1. The molecule has 0 saturated heterocycles. The fourth-order valence-electron chi connectivity index (χ4n) is 3.16. The van der Waals surface area contributed by atoms with E-state index >= 15 is 0 Å². The highest BCUT2D eigenvalue weighted by Crippen LogP contribution is 2.23. The number of carbonyl (C=O) groups is 1. The number of carbonyl (C=O) groups excluding carboxylic acids is 1. The average Bonchev–Trinajstić information content (AvgIpc) is 3.21. The lowest BCUT2D eigenvalue weighted by atomic mass is 10.2. The van der Waals surface area contributed by atoms with Gasteiger partial charge in [-0.3, -0.25) is 10.1 Å². The van der Waals surface area contributed by atoms with Crippen molar-refractivity contribution in [2.75, 3.05) is 18.4 Å². The second-order valence-electron chi connectivity index (χ2n) is 8.51. The fraction of sp³-hybridized carbons (Fsp3) is 0.348. The second-order valence-corrected chi connectivity index (χ2v) is 11.4. The average molecular weight is 535 g/mol. The molecule has 0 fully saturated rings. The van der Waals surface area contributed by atoms with Crippen LogP contribution in [0.5, 0.6) is 0 Å². The van der Waals surface area contributed by atoms with Crippen molar-refractivity contribution in [3.63, 3.8) is 0 Å². The van der Waals surface area contributed by atoms with E-state index < -0.39 is 15.9 Å². The molecule has 0 aliphatic carbocycles. The molecule has 8 nitrogen and oxygen atoms in total. The minimum atomic E-state index is -3.67. The summed E-state index contributed by atoms with van der Waals surface area (Å²) in [7, 11) is -3.67. The van der Waals surface area contributed by atoms with Crippen LogP contribution < -0.4 is 5.32 Å². The molecule has 0 saturated carbocycles. The summed E-state index contributed by atoms with van der Waals surface area (Å²) in [6.07, 6.45) is 0. The lowest BCUT2D eigenvalue weighted by Crippen LogP contribution is -2.37. The van der Waals surface area contributed by atoms with E-state index in [1.165, 1.54) is 28.6 Å². The maximum atomic E-state index is 13.1. The van der Waals surface area contributed by atoms with E-state index in [1.54, 1.807) is 0 Å². The Morgan fingerprint density at radius 2 is 1.55 bits per heavy atom. The van der Waals surface area contributed by atoms with Gasteiger partial charge in [-0.05, 0) is 60.4 Å². The van der Waals surface area contributed by atoms with E-state index in [2.05, 4.69) is 31.4 Å². The van der Waals surface area contributed by atoms with E-state index in [1.807, 2.05) is 52.0 Å². The predicted molar refractivity (Wildman–Crippen MR) is 130 cm³/mol. The molecule has 1 amide bonds. The van der Waals surface area contributed by atoms with Crippen LogP contribution in [0, 0.1) is 11.8 Å². The summed E-state index contributed by atoms with van der Waals surface area (Å²) in [5, 5.41) is 10.3. The highest BCUT2D eigenvalue weighted by Gasteiger charge is 2.26. The maximum absolute atomic E-state index is 13.1. The van der Waals surface area contributed by atoms with Gasteiger partial charge in [0.25, 0.3) is 5.91 Å². The minimum absolute atomic E-state index is 0.0466. The van der Waals surface area contributed by atoms with Crippen LogP contribution >= 0.6 is 15.9 Å². The first-order chi connectivity index (χ1) is 15.6. The number of hydrogen-bond donors (Lipinski definition) is 1. The van der Waals surface area contributed by atoms with Crippen molar-refractivity contribution in [1.82, 2.24) is 14.5 Å². The summed E-state index contributed by atoms with van der Waals surface area (Å²) in [6.45, 7) is 8.79. The summed E-state index contributed by atoms with van der Waals surface area (Å²) in [5.74, 6) is 0.182. The number of benzene rings is 2. The molecular weight excluding hydrogens is 508 g/mol. The number of nitrogens with one attached hydrogen (secondary N) is 1. The standard InChI is InChI=1S/C23H27BrN4O4S/c1-15(2)13-28(14-16(3)4)33(30,31)20-11-7-17(8-12-20)21(29)25-23-27-26-22(32-23)18-5-9-19(24)10-6-18/h5-12,15-16H,13-14H2,1-4H3,(H,25,27,29). The number of sulfonamides is 1. The van der Waals surface area contributed by atoms with Crippen LogP contribution in [0.15, 0.2) is 62.3 Å². The summed E-state index contributed by atoms with van der Waals surface area (Å²) in [6, 6.07) is 13.1. The molecule has 1 aromatic heterocycles. The first-order valence-corrected chi connectivity index (χ1v) is 12.8. The lowest BCUT2D eigenvalue weighted by molar-refractivity contribution is 0.102. The highest BCUT2D eigenvalue weighted by atomic mass is 79.9. The van der Waals surface area contributed by atoms with Crippen LogP contribution in [0.25, 0.3) is 11.5 Å². The molecule has 0 unspecified atom stereocenters. The Labute approximate surface area is 202 Å². The molecule has 33 heavy (non-hydrogen) atoms. The van der Waals surface area contributed by atoms with Crippen LogP contribution in [-0.4, -0.2) is 41.9 Å². The van der Waals surface area contributed by atoms with Crippen molar-refractivity contribution in [3.05, 3.63) is 58.6 Å². The molecule has 1 N–H and O–H groups in total. The minimum Gasteiger partial charge on any atom is -0.403 e. The van der Waals surface area contributed by atoms with Crippen LogP contribution in [0.2, 0.25) is 0 Å². The summed E-state index contributed by atoms with van der Waals surface area (Å²) in [5.41, 5.74) is 0.990. The largest absolute Gasteiger partial charge is 0.403 e. The first kappa shape index (κ1) is 25.1. The summed E-state index contributed by atoms with van der Waals surface area (Å²) in [4.78, 5) is 12.7. The quantitative estimate of drug-likeness (QED) is 0.411. The van der Waals surface area contributed by atoms with Crippen molar-refractivity contribution in [3.8, 4) is 11.5 Å². The normalized spacial score (nSPS) is 12.0. The van der Waals surface area contributed by atoms with Crippen molar-refractivity contribution in [2.45, 2.75) is 32.6 Å². The van der Waals surface area contributed by atoms with Crippen molar-refractivity contribution in [2.24, 2.45) is 11.8 Å². The van der Waals surface area contributed by atoms with Gasteiger partial charge in [0.15, 0.2) is 0 Å². The summed E-state index contributed by atoms with van der Waals surface area (Å²) >= 11 is 3.36. The van der Waals surface area contributed by atoms with Gasteiger partial charge < -0.3 is 4.42 Å². The fourth-order valence-corrected chi connectivity index (χ4v) is 5.20. The Morgan fingerprint density at radius 3 is 2.09 bits per heavy atom. The van der Waals surface area contributed by atoms with Crippen molar-refractivity contribution >= 4 is 37.9 Å². The Kier molecular flexibility index (Phi) is 8.04. The van der Waals surface area contributed by atoms with Gasteiger partial charge in [0.1, 0.15) is 0 Å². The van der Waals surface area contributed by atoms with Gasteiger partial charge in [0.2, 0.25) is 15.9 Å². The Bertz CT molecular complexity index is 1180. The Balaban J connectivity index is 1.73. The van der Waals surface area contributed by atoms with Crippen molar-refractivity contribution in [1.29, 1.82) is 0 Å². The number of amides is 1. The van der Waals surface area contributed by atoms with Crippen LogP contribution in [0.3, 0.4) is 0 Å². The molecule has 176 valence electrons. The molecule has 0 aliphatic heterocycles. The zero-order valence-electron chi connectivity index (χ0n) is 18.9. The third-order valence-corrected chi connectivity index (χ3v) is 7.00. The molecule has 1 heterocycles. The SMILES string of the molecule is CC(C)CN(CC(C)C)S(=O)(=O)c1ccc(C(=O)Nc2nnc(-c3ccc(Br)cc3)o2)cc1. The molecule has 2 aromatic carbocycles. The number of nitrogens with zero attached hydrogens (tertiary/aromatic N) is 3. The number of hydrogen-bond acceptors (Lipinski definition) is 6. The topological polar surface area (TPSA) is 105 Å². The van der Waals surface area contributed by atoms with Crippen LogP contribution in [-0.2, 0) is 10.0 Å². The van der Waals surface area contributed by atoms with Crippen LogP contribution in [0.4, 0.5) is 6.01 Å². The Hall–Kier alpha value is -2.56. The third-order valence-electron chi connectivity index (χ3n) is 4.63. The molecule has 0 bridgehead atoms. The number of rotatable bonds is 9. The van der Waals surface area contributed by atoms with Crippen LogP contribution in [0.1, 0.15) is 38.1 Å². The first-order valence-electron chi connectivity index (χ1n) is 10.6. The number of aromatic nitrogens is 2. The third kappa shape index (κ3) is 6.49. The van der Waals surface area contributed by atoms with Gasteiger partial charge in [0, 0.05) is 28.7 Å². The molecule has 3 rings (SSSR count). The maximum Gasteiger partial charge on any atom is 0.322 e. The van der Waals surface area contributed by atoms with E-state index in [0.717, 1.165) is 4.47 Å². The van der Waals surface area contributed by atoms with E-state index in [0.29, 0.717) is 18.7 Å². The predicted octanol–water partition coefficient (Wildman–Crippen LogP) is 5.05. The smallest absolute Gasteiger partial charge is 0.322 e. The van der Waals surface area contributed by atoms with Crippen molar-refractivity contribution < 1.29 is 17.6 Å².